The minimum atomic E-state index is -3.82. The lowest BCUT2D eigenvalue weighted by molar-refractivity contribution is 0.373. The Labute approximate surface area is 207 Å². The fourth-order valence-corrected chi connectivity index (χ4v) is 3.29. The molecule has 0 saturated heterocycles. The Balaban J connectivity index is 1.98. The number of anilines is 3. The molecule has 0 unspecified atom stereocenters. The van der Waals surface area contributed by atoms with Crippen LogP contribution < -0.4 is 25.9 Å². The number of primary sulfonamides is 1. The van der Waals surface area contributed by atoms with E-state index in [1.54, 1.807) is 6.07 Å². The number of hydrazone groups is 1. The molecule has 190 valence electrons. The third-order valence-corrected chi connectivity index (χ3v) is 5.37. The number of nitrogens with one attached hydrogen (secondary N) is 3. The van der Waals surface area contributed by atoms with E-state index < -0.39 is 10.0 Å². The maximum absolute atomic E-state index is 11.5. The Bertz CT molecular complexity index is 1340. The van der Waals surface area contributed by atoms with Crippen molar-refractivity contribution in [1.82, 2.24) is 15.0 Å². The van der Waals surface area contributed by atoms with Crippen LogP contribution in [0.5, 0.6) is 11.5 Å². The van der Waals surface area contributed by atoms with E-state index in [2.05, 4.69) is 46.3 Å². The van der Waals surface area contributed by atoms with Crippen molar-refractivity contribution in [2.75, 3.05) is 36.3 Å². The number of rotatable bonds is 10. The van der Waals surface area contributed by atoms with Gasteiger partial charge in [0.1, 0.15) is 0 Å². The van der Waals surface area contributed by atoms with Crippen molar-refractivity contribution in [2.24, 2.45) is 20.5 Å². The van der Waals surface area contributed by atoms with Crippen molar-refractivity contribution in [1.29, 1.82) is 0 Å². The summed E-state index contributed by atoms with van der Waals surface area (Å²) in [5.74, 6) is 0.932. The number of phenols is 1. The highest BCUT2D eigenvalue weighted by Crippen LogP contribution is 2.27. The summed E-state index contributed by atoms with van der Waals surface area (Å²) in [6.45, 7) is 5.00. The van der Waals surface area contributed by atoms with Crippen LogP contribution in [0.4, 0.5) is 23.5 Å². The second-order valence-electron chi connectivity index (χ2n) is 7.05. The van der Waals surface area contributed by atoms with E-state index >= 15 is 0 Å². The Hall–Kier alpha value is -4.37. The van der Waals surface area contributed by atoms with Gasteiger partial charge in [0, 0.05) is 18.7 Å². The molecule has 0 radical (unpaired) electrons. The molecule has 6 N–H and O–H groups in total. The number of phenolic OH excluding ortho intramolecular Hbond substituents is 1. The number of hydrogen-bond donors (Lipinski definition) is 5. The predicted octanol–water partition coefficient (Wildman–Crippen LogP) is 2.65. The van der Waals surface area contributed by atoms with E-state index in [9.17, 15) is 13.5 Å². The molecule has 0 amide bonds. The normalized spacial score (nSPS) is 11.9. The first-order valence-electron chi connectivity index (χ1n) is 10.7. The van der Waals surface area contributed by atoms with E-state index in [0.717, 1.165) is 0 Å². The standard InChI is InChI=1S/C21H26N10O4S/c1-4-23-19-25-20(24-5-2)27-21(26-19)31-30-18(13-6-11-16(32)17(12-13)35-3)29-28-14-7-9-15(10-8-14)36(22,33)34/h6-12,28,32H,4-5H2,1-3H3,(H2,22,33,34)(H2,23,24,25,26,27)/b29-18+,31-30?. The number of nitrogens with two attached hydrogens (primary N) is 1. The van der Waals surface area contributed by atoms with Crippen LogP contribution in [-0.4, -0.2) is 54.5 Å². The zero-order chi connectivity index (χ0) is 26.1. The van der Waals surface area contributed by atoms with Gasteiger partial charge in [0.15, 0.2) is 11.5 Å². The number of aromatic nitrogens is 3. The molecule has 15 heteroatoms. The van der Waals surface area contributed by atoms with Crippen LogP contribution in [0, 0.1) is 0 Å². The van der Waals surface area contributed by atoms with E-state index in [-0.39, 0.29) is 28.2 Å². The summed E-state index contributed by atoms with van der Waals surface area (Å²) < 4.78 is 28.1. The first kappa shape index (κ1) is 26.2. The Morgan fingerprint density at radius 1 is 1.03 bits per heavy atom. The largest absolute Gasteiger partial charge is 0.504 e. The summed E-state index contributed by atoms with van der Waals surface area (Å²) in [5, 5.41) is 33.7. The number of nitrogens with zero attached hydrogens (tertiary/aromatic N) is 6. The van der Waals surface area contributed by atoms with Gasteiger partial charge < -0.3 is 20.5 Å². The molecular weight excluding hydrogens is 488 g/mol. The van der Waals surface area contributed by atoms with Crippen LogP contribution in [0.3, 0.4) is 0 Å². The van der Waals surface area contributed by atoms with E-state index in [4.69, 9.17) is 9.88 Å². The Morgan fingerprint density at radius 3 is 2.22 bits per heavy atom. The van der Waals surface area contributed by atoms with Gasteiger partial charge in [0.05, 0.1) is 17.7 Å². The molecule has 0 aliphatic carbocycles. The van der Waals surface area contributed by atoms with Crippen LogP contribution in [0.2, 0.25) is 0 Å². The predicted molar refractivity (Wildman–Crippen MR) is 135 cm³/mol. The summed E-state index contributed by atoms with van der Waals surface area (Å²) in [4.78, 5) is 12.7. The Morgan fingerprint density at radius 2 is 1.67 bits per heavy atom. The Kier molecular flexibility index (Phi) is 8.64. The number of sulfonamides is 1. The van der Waals surface area contributed by atoms with Crippen molar-refractivity contribution >= 4 is 39.4 Å². The molecule has 0 fully saturated rings. The van der Waals surface area contributed by atoms with Crippen LogP contribution in [0.15, 0.2) is 62.7 Å². The highest BCUT2D eigenvalue weighted by atomic mass is 32.2. The molecule has 14 nitrogen and oxygen atoms in total. The molecule has 0 saturated carbocycles. The third-order valence-electron chi connectivity index (χ3n) is 4.44. The van der Waals surface area contributed by atoms with E-state index in [1.807, 2.05) is 13.8 Å². The van der Waals surface area contributed by atoms with Crippen molar-refractivity contribution in [3.05, 3.63) is 48.0 Å². The molecule has 3 aromatic rings. The van der Waals surface area contributed by atoms with Gasteiger partial charge in [-0.15, -0.1) is 10.2 Å². The number of amidine groups is 1. The molecule has 1 aromatic heterocycles. The molecule has 0 aliphatic heterocycles. The molecule has 1 heterocycles. The van der Waals surface area contributed by atoms with E-state index in [1.165, 1.54) is 43.5 Å². The van der Waals surface area contributed by atoms with Crippen LogP contribution >= 0.6 is 0 Å². The minimum absolute atomic E-state index is 0.0350. The van der Waals surface area contributed by atoms with Crippen molar-refractivity contribution in [2.45, 2.75) is 18.7 Å². The van der Waals surface area contributed by atoms with Crippen LogP contribution in [0.25, 0.3) is 0 Å². The lowest BCUT2D eigenvalue weighted by atomic mass is 10.2. The fourth-order valence-electron chi connectivity index (χ4n) is 2.77. The highest BCUT2D eigenvalue weighted by Gasteiger charge is 2.11. The van der Waals surface area contributed by atoms with Gasteiger partial charge in [0.2, 0.25) is 27.8 Å². The molecule has 0 aliphatic rings. The average molecular weight is 515 g/mol. The van der Waals surface area contributed by atoms with Gasteiger partial charge in [0.25, 0.3) is 5.95 Å². The monoisotopic (exact) mass is 514 g/mol. The van der Waals surface area contributed by atoms with Gasteiger partial charge in [-0.05, 0) is 56.3 Å². The zero-order valence-electron chi connectivity index (χ0n) is 19.8. The maximum atomic E-state index is 11.5. The molecule has 36 heavy (non-hydrogen) atoms. The average Bonchev–Trinajstić information content (AvgIpc) is 2.84. The van der Waals surface area contributed by atoms with Gasteiger partial charge in [-0.3, -0.25) is 5.43 Å². The van der Waals surface area contributed by atoms with E-state index in [0.29, 0.717) is 36.2 Å². The zero-order valence-corrected chi connectivity index (χ0v) is 20.6. The van der Waals surface area contributed by atoms with Crippen molar-refractivity contribution < 1.29 is 18.3 Å². The number of methoxy groups -OCH3 is 1. The first-order chi connectivity index (χ1) is 17.2. The van der Waals surface area contributed by atoms with Crippen LogP contribution in [0.1, 0.15) is 19.4 Å². The topological polar surface area (TPSA) is 201 Å². The molecule has 0 bridgehead atoms. The summed E-state index contributed by atoms with van der Waals surface area (Å²) in [5.41, 5.74) is 3.71. The number of azo groups is 1. The number of ether oxygens (including phenoxy) is 1. The number of aromatic hydroxyl groups is 1. The lowest BCUT2D eigenvalue weighted by Crippen LogP contribution is -2.11. The van der Waals surface area contributed by atoms with Gasteiger partial charge in [-0.2, -0.15) is 20.1 Å². The molecule has 0 spiro atoms. The molecular formula is C21H26N10O4S. The van der Waals surface area contributed by atoms with Gasteiger partial charge in [-0.25, -0.2) is 13.6 Å². The molecule has 2 aromatic carbocycles. The van der Waals surface area contributed by atoms with Gasteiger partial charge in [-0.1, -0.05) is 0 Å². The van der Waals surface area contributed by atoms with Crippen LogP contribution in [-0.2, 0) is 10.0 Å². The first-order valence-corrected chi connectivity index (χ1v) is 12.3. The summed E-state index contributed by atoms with van der Waals surface area (Å²) in [6.07, 6.45) is 0. The third kappa shape index (κ3) is 7.07. The second kappa shape index (κ2) is 11.9. The maximum Gasteiger partial charge on any atom is 0.275 e. The highest BCUT2D eigenvalue weighted by molar-refractivity contribution is 7.89. The van der Waals surface area contributed by atoms with Crippen molar-refractivity contribution in [3.8, 4) is 11.5 Å². The quantitative estimate of drug-likeness (QED) is 0.116. The summed E-state index contributed by atoms with van der Waals surface area (Å²) in [6, 6.07) is 10.2. The lowest BCUT2D eigenvalue weighted by Gasteiger charge is -2.08. The minimum Gasteiger partial charge on any atom is -0.504 e. The molecule has 3 rings (SSSR count). The molecule has 0 atom stereocenters. The van der Waals surface area contributed by atoms with Gasteiger partial charge >= 0.3 is 0 Å². The van der Waals surface area contributed by atoms with Crippen molar-refractivity contribution in [3.63, 3.8) is 0 Å². The SMILES string of the molecule is CCNc1nc(N=N/C(=N/Nc2ccc(S(N)(=O)=O)cc2)c2ccc(O)c(OC)c2)nc(NCC)n1. The summed E-state index contributed by atoms with van der Waals surface area (Å²) >= 11 is 0. The fraction of sp³-hybridized carbons (Fsp3) is 0.238. The smallest absolute Gasteiger partial charge is 0.275 e. The number of hydrogen-bond acceptors (Lipinski definition) is 12. The second-order valence-corrected chi connectivity index (χ2v) is 8.61. The summed E-state index contributed by atoms with van der Waals surface area (Å²) in [7, 11) is -2.41. The number of benzene rings is 2.